The summed E-state index contributed by atoms with van der Waals surface area (Å²) < 4.78 is 42.4. The summed E-state index contributed by atoms with van der Waals surface area (Å²) in [6.07, 6.45) is 20.5. The predicted octanol–water partition coefficient (Wildman–Crippen LogP) is 15.4. The topological polar surface area (TPSA) is 258 Å². The van der Waals surface area contributed by atoms with E-state index in [-0.39, 0.29) is 17.1 Å². The summed E-state index contributed by atoms with van der Waals surface area (Å²) in [6, 6.07) is 24.2. The predicted molar refractivity (Wildman–Crippen MR) is 427 cm³/mol. The van der Waals surface area contributed by atoms with Gasteiger partial charge in [-0.1, -0.05) is 81.2 Å². The van der Waals surface area contributed by atoms with Gasteiger partial charge in [-0.25, -0.2) is 15.0 Å². The highest BCUT2D eigenvalue weighted by atomic mass is 35.5. The molecule has 1 aliphatic carbocycles. The van der Waals surface area contributed by atoms with E-state index in [1.54, 1.807) is 42.7 Å². The third-order valence-corrected chi connectivity index (χ3v) is 26.1. The van der Waals surface area contributed by atoms with Gasteiger partial charge in [-0.3, -0.25) is 28.6 Å². The average molecular weight is 1560 g/mol. The average Bonchev–Trinajstić information content (AvgIpc) is 1.84. The highest BCUT2D eigenvalue weighted by Gasteiger charge is 2.33. The quantitative estimate of drug-likeness (QED) is 0.0168. The largest absolute Gasteiger partial charge is 0.461 e. The molecule has 0 bridgehead atoms. The molecule has 12 aromatic heterocycles. The highest BCUT2D eigenvalue weighted by Crippen LogP contribution is 2.42. The number of carbonyl (C=O) groups is 1. The summed E-state index contributed by atoms with van der Waals surface area (Å²) in [5, 5.41) is 39.9. The Bertz CT molecular complexity index is 5080. The van der Waals surface area contributed by atoms with Gasteiger partial charge in [0.1, 0.15) is 67.7 Å². The second-order valence-corrected chi connectivity index (χ2v) is 45.3. The number of thioether (sulfide) groups is 2. The van der Waals surface area contributed by atoms with Gasteiger partial charge in [0.15, 0.2) is 16.9 Å². The van der Waals surface area contributed by atoms with Crippen LogP contribution in [0.3, 0.4) is 0 Å². The third kappa shape index (κ3) is 19.1. The number of aromatic nitrogens is 18. The molecule has 13 aromatic rings. The number of benzene rings is 1. The number of rotatable bonds is 26. The molecule has 105 heavy (non-hydrogen) atoms. The van der Waals surface area contributed by atoms with Crippen LogP contribution >= 0.6 is 69.7 Å². The van der Waals surface area contributed by atoms with E-state index in [0.717, 1.165) is 161 Å². The van der Waals surface area contributed by atoms with Crippen LogP contribution in [-0.4, -0.2) is 159 Å². The molecule has 0 amide bonds. The first-order valence-electron chi connectivity index (χ1n) is 34.8. The molecule has 550 valence electrons. The van der Waals surface area contributed by atoms with Crippen molar-refractivity contribution in [3.63, 3.8) is 0 Å². The van der Waals surface area contributed by atoms with Gasteiger partial charge in [-0.05, 0) is 123 Å². The lowest BCUT2D eigenvalue weighted by molar-refractivity contribution is -0.149. The number of ether oxygens (including phenoxy) is 3. The zero-order chi connectivity index (χ0) is 73.5. The van der Waals surface area contributed by atoms with E-state index in [9.17, 15) is 4.79 Å². The lowest BCUT2D eigenvalue weighted by Crippen LogP contribution is -2.26. The van der Waals surface area contributed by atoms with Crippen molar-refractivity contribution in [2.24, 2.45) is 27.1 Å². The molecule has 1 aromatic carbocycles. The van der Waals surface area contributed by atoms with Crippen molar-refractivity contribution in [3.05, 3.63) is 150 Å². The fourth-order valence-corrected chi connectivity index (χ4v) is 18.1. The van der Waals surface area contributed by atoms with Crippen LogP contribution in [0.5, 0.6) is 0 Å². The molecule has 2 fully saturated rings. The summed E-state index contributed by atoms with van der Waals surface area (Å²) in [5.74, 6) is 2.30. The summed E-state index contributed by atoms with van der Waals surface area (Å²) in [5.41, 5.74) is 11.8. The maximum atomic E-state index is 13.0. The first kappa shape index (κ1) is 75.0. The number of hydrogen-bond acceptors (Lipinski definition) is 25. The molecule has 13 heterocycles. The van der Waals surface area contributed by atoms with Crippen LogP contribution in [0.2, 0.25) is 56.5 Å². The second-order valence-electron chi connectivity index (χ2n) is 28.7. The summed E-state index contributed by atoms with van der Waals surface area (Å²) in [4.78, 5) is 31.8. The van der Waals surface area contributed by atoms with E-state index in [1.807, 2.05) is 155 Å². The molecule has 2 N–H and O–H groups in total. The Labute approximate surface area is 637 Å². The number of fused-ring (bicyclic) bond motifs is 3. The van der Waals surface area contributed by atoms with Crippen LogP contribution in [0.4, 0.5) is 32.5 Å². The molecule has 34 heteroatoms. The first-order chi connectivity index (χ1) is 50.5. The number of nitrogens with one attached hydrogen (secondary N) is 2. The fraction of sp³-hybridized carbons (Fsp3) is 0.394. The van der Waals surface area contributed by atoms with Crippen LogP contribution < -0.4 is 20.4 Å². The van der Waals surface area contributed by atoms with E-state index in [0.29, 0.717) is 49.3 Å². The molecule has 0 spiro atoms. The van der Waals surface area contributed by atoms with Gasteiger partial charge < -0.3 is 24.8 Å². The Morgan fingerprint density at radius 3 is 1.60 bits per heavy atom. The molecule has 1 saturated heterocycles. The molecule has 2 aliphatic rings. The maximum absolute atomic E-state index is 13.0. The second kappa shape index (κ2) is 33.3. The van der Waals surface area contributed by atoms with Gasteiger partial charge in [-0.2, -0.15) is 57.3 Å². The van der Waals surface area contributed by atoms with Gasteiger partial charge in [0, 0.05) is 138 Å². The number of aryl methyl sites for hydroxylation is 6. The van der Waals surface area contributed by atoms with Gasteiger partial charge in [0.05, 0.1) is 60.2 Å². The minimum absolute atomic E-state index is 0.109. The molecule has 3 atom stereocenters. The Morgan fingerprint density at radius 1 is 0.600 bits per heavy atom. The summed E-state index contributed by atoms with van der Waals surface area (Å²) >= 11 is 14.3. The summed E-state index contributed by atoms with van der Waals surface area (Å²) in [7, 11) is 3.27. The number of nitrogens with zero attached hydrogens (tertiary/aromatic N) is 20. The minimum atomic E-state index is -1.25. The van der Waals surface area contributed by atoms with Crippen LogP contribution in [0.25, 0.3) is 50.3 Å². The van der Waals surface area contributed by atoms with E-state index in [2.05, 4.69) is 122 Å². The maximum Gasteiger partial charge on any atom is 0.309 e. The minimum Gasteiger partial charge on any atom is -0.461 e. The van der Waals surface area contributed by atoms with Gasteiger partial charge in [-0.15, -0.1) is 23.5 Å². The van der Waals surface area contributed by atoms with Crippen LogP contribution in [0.1, 0.15) is 48.3 Å². The van der Waals surface area contributed by atoms with Crippen molar-refractivity contribution in [3.8, 4) is 33.4 Å². The highest BCUT2D eigenvalue weighted by molar-refractivity contribution is 8.00. The van der Waals surface area contributed by atoms with Gasteiger partial charge in [0.25, 0.3) is 0 Å². The molecule has 26 nitrogen and oxygen atoms in total. The van der Waals surface area contributed by atoms with Crippen LogP contribution in [-0.2, 0) is 46.8 Å². The number of carbonyl (C=O) groups excluding carboxylic acids is 1. The van der Waals surface area contributed by atoms with Crippen LogP contribution in [0.15, 0.2) is 133 Å². The van der Waals surface area contributed by atoms with Crippen molar-refractivity contribution in [2.75, 3.05) is 54.9 Å². The Kier molecular flexibility index (Phi) is 23.8. The Hall–Kier alpha value is -8.23. The van der Waals surface area contributed by atoms with Crippen LogP contribution in [0, 0.1) is 26.7 Å². The fourth-order valence-electron chi connectivity index (χ4n) is 11.9. The molecule has 1 aliphatic heterocycles. The molecule has 3 unspecified atom stereocenters. The molecule has 0 radical (unpaired) electrons. The molecular weight excluding hydrogens is 1480 g/mol. The zero-order valence-electron chi connectivity index (χ0n) is 61.0. The lowest BCUT2D eigenvalue weighted by Gasteiger charge is -2.25. The van der Waals surface area contributed by atoms with E-state index >= 15 is 0 Å². The standard InChI is InChI=1S/C33H41N7O3S2Si.C20H26ClN7OSSi.C18H20N8S2/c1-23-15-31(45-37-23)39(22-42-13-14-46(3,4)5)30-17-29(36-32-28(19-35-40(30)32)26-18-34-38(2)20-26)44-27-12-11-25(16-27)33(41)43-21-24-9-7-6-8-10-24;1-14-8-19(30-25-14)27(13-29-6-7-31(3,4)5)18-9-17(21)24-20-16(11-23-28(18)20)15-10-22-26(2)12-15;1-11-5-17(28-24-11)22-15-6-16(27-13-3-4-19-8-13)23-18-14(9-21-26(15)18)12-7-20-25(2)10-12/h6-10,15,17-20,25,27H,11-14,16,21-22H2,1-5H3;8-12H,6-7,13H2,1-5H3;5-7,9-10,13,19,22H,3-4,8H2,1-2H3. The molecule has 15 rings (SSSR count). The number of halogens is 1. The van der Waals surface area contributed by atoms with Crippen molar-refractivity contribution < 1.29 is 19.0 Å². The third-order valence-electron chi connectivity index (χ3n) is 17.5. The summed E-state index contributed by atoms with van der Waals surface area (Å²) in [6.45, 7) is 24.6. The van der Waals surface area contributed by atoms with Crippen molar-refractivity contribution in [1.82, 2.24) is 91.6 Å². The van der Waals surface area contributed by atoms with E-state index in [1.165, 1.54) is 34.6 Å². The molecule has 1 saturated carbocycles. The van der Waals surface area contributed by atoms with Gasteiger partial charge in [0.2, 0.25) is 0 Å². The Balaban J connectivity index is 0.000000145. The number of esters is 1. The monoisotopic (exact) mass is 1560 g/mol. The number of hydrogen-bond donors (Lipinski definition) is 2. The van der Waals surface area contributed by atoms with Crippen molar-refractivity contribution in [1.29, 1.82) is 0 Å². The SMILES string of the molecule is Cc1cc(N(COCC[Si](C)(C)C)c2cc(Cl)nc3c(-c4cnn(C)c4)cnn23)sn1.Cc1cc(N(COCC[Si](C)(C)C)c2cc(SC3CCC(C(=O)OCc4ccccc4)C3)nc3c(-c4cnn(C)c4)cnn23)sn1.Cc1cc(Nc2cc(SC3CCNC3)nc3c(-c4cnn(C)c4)cnn23)sn1. The number of anilines is 6. The molecular formula is C71H87ClN22O4S5Si2. The van der Waals surface area contributed by atoms with Gasteiger partial charge >= 0.3 is 5.97 Å². The first-order valence-corrected chi connectivity index (χ1v) is 46.7. The van der Waals surface area contributed by atoms with Crippen molar-refractivity contribution in [2.45, 2.75) is 125 Å². The van der Waals surface area contributed by atoms with E-state index < -0.39 is 16.1 Å². The van der Waals surface area contributed by atoms with Crippen molar-refractivity contribution >= 4 is 141 Å². The smallest absolute Gasteiger partial charge is 0.309 e. The van der Waals surface area contributed by atoms with E-state index in [4.69, 9.17) is 40.9 Å². The lowest BCUT2D eigenvalue weighted by atomic mass is 10.1. The Morgan fingerprint density at radius 2 is 1.10 bits per heavy atom. The normalized spacial score (nSPS) is 15.4. The zero-order valence-corrected chi connectivity index (χ0v) is 67.8.